The van der Waals surface area contributed by atoms with E-state index >= 15 is 0 Å². The molecule has 0 spiro atoms. The van der Waals surface area contributed by atoms with Gasteiger partial charge in [0.25, 0.3) is 0 Å². The third-order valence-corrected chi connectivity index (χ3v) is 7.84. The molecule has 0 aromatic carbocycles. The SMILES string of the molecule is CCOC(=O)/C(=N/O)SCC(=O)OCC(CC)(COC(=O)CS/C(=N\O)C(=O)OCC)COC(=O)CS/C(=N\O)C(O)OCC. The van der Waals surface area contributed by atoms with Gasteiger partial charge in [-0.25, -0.2) is 9.59 Å². The minimum Gasteiger partial charge on any atom is -0.464 e. The molecule has 0 aliphatic rings. The van der Waals surface area contributed by atoms with E-state index in [-0.39, 0.29) is 31.3 Å². The molecule has 21 heteroatoms. The second-order valence-electron chi connectivity index (χ2n) is 8.20. The molecule has 0 bridgehead atoms. The second kappa shape index (κ2) is 24.0. The lowest BCUT2D eigenvalue weighted by Gasteiger charge is -2.31. The molecule has 4 N–H and O–H groups in total. The maximum atomic E-state index is 12.5. The zero-order valence-corrected chi connectivity index (χ0v) is 27.4. The van der Waals surface area contributed by atoms with Gasteiger partial charge in [0.1, 0.15) is 19.8 Å². The summed E-state index contributed by atoms with van der Waals surface area (Å²) < 4.78 is 30.2. The highest BCUT2D eigenvalue weighted by Gasteiger charge is 2.35. The Labute approximate surface area is 271 Å². The van der Waals surface area contributed by atoms with Crippen molar-refractivity contribution >= 4 is 80.3 Å². The minimum absolute atomic E-state index is 0.00841. The van der Waals surface area contributed by atoms with Crippen molar-refractivity contribution in [3.8, 4) is 0 Å². The molecule has 0 saturated carbocycles. The molecule has 18 nitrogen and oxygen atoms in total. The van der Waals surface area contributed by atoms with Crippen LogP contribution in [0.3, 0.4) is 0 Å². The van der Waals surface area contributed by atoms with Gasteiger partial charge < -0.3 is 49.1 Å². The van der Waals surface area contributed by atoms with E-state index in [2.05, 4.69) is 15.5 Å². The summed E-state index contributed by atoms with van der Waals surface area (Å²) in [6, 6.07) is 0. The van der Waals surface area contributed by atoms with E-state index in [1.807, 2.05) is 0 Å². The van der Waals surface area contributed by atoms with E-state index < -0.39 is 88.7 Å². The smallest absolute Gasteiger partial charge is 0.367 e. The van der Waals surface area contributed by atoms with Crippen molar-refractivity contribution in [3.63, 3.8) is 0 Å². The van der Waals surface area contributed by atoms with Crippen molar-refractivity contribution in [1.82, 2.24) is 0 Å². The van der Waals surface area contributed by atoms with Crippen LogP contribution in [0.15, 0.2) is 15.5 Å². The number of hydrogen-bond acceptors (Lipinski definition) is 21. The Kier molecular flexibility index (Phi) is 22.3. The molecule has 0 aliphatic carbocycles. The summed E-state index contributed by atoms with van der Waals surface area (Å²) >= 11 is 1.74. The van der Waals surface area contributed by atoms with Gasteiger partial charge in [-0.3, -0.25) is 14.4 Å². The first-order valence-electron chi connectivity index (χ1n) is 13.1. The highest BCUT2D eigenvalue weighted by molar-refractivity contribution is 8.16. The normalized spacial score (nSPS) is 14.1. The van der Waals surface area contributed by atoms with Crippen molar-refractivity contribution in [2.45, 2.75) is 40.4 Å². The highest BCUT2D eigenvalue weighted by atomic mass is 32.2. The number of aliphatic hydroxyl groups excluding tert-OH is 1. The average molecular weight is 704 g/mol. The van der Waals surface area contributed by atoms with Crippen LogP contribution in [-0.4, -0.2) is 129 Å². The van der Waals surface area contributed by atoms with Crippen molar-refractivity contribution in [1.29, 1.82) is 0 Å². The van der Waals surface area contributed by atoms with Gasteiger partial charge in [0, 0.05) is 6.61 Å². The molecule has 45 heavy (non-hydrogen) atoms. The molecule has 0 amide bonds. The topological polar surface area (TPSA) is 259 Å². The summed E-state index contributed by atoms with van der Waals surface area (Å²) in [5.74, 6) is -5.79. The zero-order valence-electron chi connectivity index (χ0n) is 25.0. The second-order valence-corrected chi connectivity index (χ2v) is 11.1. The molecule has 0 rings (SSSR count). The van der Waals surface area contributed by atoms with Gasteiger partial charge in [-0.05, 0) is 27.2 Å². The monoisotopic (exact) mass is 703 g/mol. The van der Waals surface area contributed by atoms with Crippen LogP contribution in [0.4, 0.5) is 0 Å². The van der Waals surface area contributed by atoms with Gasteiger partial charge in [-0.15, -0.1) is 0 Å². The van der Waals surface area contributed by atoms with E-state index in [4.69, 9.17) is 44.0 Å². The number of rotatable bonds is 18. The van der Waals surface area contributed by atoms with Gasteiger partial charge in [-0.2, -0.15) is 0 Å². The van der Waals surface area contributed by atoms with Crippen LogP contribution in [0.25, 0.3) is 0 Å². The fourth-order valence-corrected chi connectivity index (χ4v) is 4.43. The number of thioether (sulfide) groups is 3. The fraction of sp³-hybridized carbons (Fsp3) is 0.667. The largest absolute Gasteiger partial charge is 0.464 e. The Hall–Kier alpha value is -3.27. The highest BCUT2D eigenvalue weighted by Crippen LogP contribution is 2.25. The van der Waals surface area contributed by atoms with Gasteiger partial charge in [0.2, 0.25) is 16.4 Å². The molecule has 0 radical (unpaired) electrons. The first kappa shape index (κ1) is 41.7. The molecule has 0 heterocycles. The summed E-state index contributed by atoms with van der Waals surface area (Å²) in [5.41, 5.74) is -1.29. The zero-order chi connectivity index (χ0) is 34.3. The predicted octanol–water partition coefficient (Wildman–Crippen LogP) is 1.06. The van der Waals surface area contributed by atoms with Gasteiger partial charge in [-0.1, -0.05) is 57.7 Å². The van der Waals surface area contributed by atoms with E-state index in [0.717, 1.165) is 0 Å². The molecule has 256 valence electrons. The molecular formula is C24H37N3O15S3. The Bertz CT molecular complexity index is 1020. The van der Waals surface area contributed by atoms with Crippen molar-refractivity contribution in [3.05, 3.63) is 0 Å². The summed E-state index contributed by atoms with van der Waals surface area (Å²) in [6.45, 7) is 5.12. The molecule has 0 saturated heterocycles. The Morgan fingerprint density at radius 3 is 1.33 bits per heavy atom. The van der Waals surface area contributed by atoms with Crippen LogP contribution >= 0.6 is 35.3 Å². The van der Waals surface area contributed by atoms with Crippen LogP contribution in [0, 0.1) is 5.41 Å². The number of aliphatic hydroxyl groups is 1. The molecule has 0 aliphatic heterocycles. The molecular weight excluding hydrogens is 666 g/mol. The standard InChI is InChI=1S/C24H37N3O15S3/c1-5-24(12-40-15(28)9-43-18(25-34)21(31)37-6-2,13-41-16(29)10-44-19(26-35)22(32)38-7-3)14-42-17(30)11-45-20(27-36)23(33)39-8-4/h21,31,34-36H,5-14H2,1-4H3/b25-18-,26-19-,27-20-. The number of esters is 5. The summed E-state index contributed by atoms with van der Waals surface area (Å²) in [6.07, 6.45) is -1.43. The van der Waals surface area contributed by atoms with E-state index in [1.54, 1.807) is 13.8 Å². The van der Waals surface area contributed by atoms with E-state index in [1.165, 1.54) is 13.8 Å². The molecule has 1 atom stereocenters. The average Bonchev–Trinajstić information content (AvgIpc) is 3.02. The van der Waals surface area contributed by atoms with Crippen LogP contribution in [0.2, 0.25) is 0 Å². The van der Waals surface area contributed by atoms with Gasteiger partial charge in [0.05, 0.1) is 35.9 Å². The molecule has 0 fully saturated rings. The molecule has 1 unspecified atom stereocenters. The first-order chi connectivity index (χ1) is 21.5. The third-order valence-electron chi connectivity index (χ3n) is 5.08. The number of carbonyl (C=O) groups excluding carboxylic acids is 5. The maximum absolute atomic E-state index is 12.5. The molecule has 0 aromatic rings. The first-order valence-corrected chi connectivity index (χ1v) is 16.1. The summed E-state index contributed by atoms with van der Waals surface area (Å²) in [5, 5.41) is 44.1. The number of hydrogen-bond donors (Lipinski definition) is 4. The number of ether oxygens (including phenoxy) is 6. The minimum atomic E-state index is -1.57. The predicted molar refractivity (Wildman–Crippen MR) is 162 cm³/mol. The lowest BCUT2D eigenvalue weighted by molar-refractivity contribution is -0.159. The summed E-state index contributed by atoms with van der Waals surface area (Å²) in [4.78, 5) is 60.8. The lowest BCUT2D eigenvalue weighted by Crippen LogP contribution is -2.39. The van der Waals surface area contributed by atoms with E-state index in [9.17, 15) is 29.1 Å². The quantitative estimate of drug-likeness (QED) is 0.0296. The number of carbonyl (C=O) groups is 5. The van der Waals surface area contributed by atoms with Crippen LogP contribution in [-0.2, 0) is 52.4 Å². The Morgan fingerprint density at radius 2 is 1.02 bits per heavy atom. The fourth-order valence-electron chi connectivity index (χ4n) is 2.67. The Morgan fingerprint density at radius 1 is 0.622 bits per heavy atom. The van der Waals surface area contributed by atoms with Crippen molar-refractivity contribution in [2.75, 3.05) is 56.9 Å². The van der Waals surface area contributed by atoms with Crippen molar-refractivity contribution in [2.24, 2.45) is 20.9 Å². The molecule has 0 aromatic heterocycles. The number of nitrogens with zero attached hydrogens (tertiary/aromatic N) is 3. The lowest BCUT2D eigenvalue weighted by atomic mass is 9.88. The van der Waals surface area contributed by atoms with Crippen LogP contribution in [0.1, 0.15) is 34.1 Å². The number of oxime groups is 3. The van der Waals surface area contributed by atoms with Crippen molar-refractivity contribution < 1.29 is 73.1 Å². The Balaban J connectivity index is 5.50. The van der Waals surface area contributed by atoms with Crippen LogP contribution in [0.5, 0.6) is 0 Å². The van der Waals surface area contributed by atoms with E-state index in [0.29, 0.717) is 35.3 Å². The van der Waals surface area contributed by atoms with Crippen LogP contribution < -0.4 is 0 Å². The van der Waals surface area contributed by atoms with Gasteiger partial charge in [0.15, 0.2) is 5.04 Å². The summed E-state index contributed by atoms with van der Waals surface area (Å²) in [7, 11) is 0. The maximum Gasteiger partial charge on any atom is 0.367 e. The van der Waals surface area contributed by atoms with Gasteiger partial charge >= 0.3 is 29.8 Å². The third kappa shape index (κ3) is 17.1.